The topological polar surface area (TPSA) is 55.8 Å². The molecule has 0 heterocycles. The van der Waals surface area contributed by atoms with E-state index >= 15 is 0 Å². The predicted molar refractivity (Wildman–Crippen MR) is 92.8 cm³/mol. The van der Waals surface area contributed by atoms with E-state index in [0.29, 0.717) is 11.7 Å². The van der Waals surface area contributed by atoms with Crippen molar-refractivity contribution in [3.8, 4) is 11.5 Å². The second-order valence-corrected chi connectivity index (χ2v) is 7.80. The first kappa shape index (κ1) is 16.9. The highest BCUT2D eigenvalue weighted by Crippen LogP contribution is 2.66. The number of carbonyl (C=O) groups excluding carboxylic acids is 1. The largest absolute Gasteiger partial charge is 0.504 e. The van der Waals surface area contributed by atoms with Crippen molar-refractivity contribution in [2.24, 2.45) is 16.7 Å². The summed E-state index contributed by atoms with van der Waals surface area (Å²) in [6.45, 7) is 6.86. The first-order chi connectivity index (χ1) is 11.3. The summed E-state index contributed by atoms with van der Waals surface area (Å²) in [4.78, 5) is 12.2. The maximum absolute atomic E-state index is 12.2. The second kappa shape index (κ2) is 5.83. The summed E-state index contributed by atoms with van der Waals surface area (Å²) < 4.78 is 10.8. The Hall–Kier alpha value is -1.97. The predicted octanol–water partition coefficient (Wildman–Crippen LogP) is 4.17. The lowest BCUT2D eigenvalue weighted by atomic mass is 9.70. The van der Waals surface area contributed by atoms with Gasteiger partial charge in [0.2, 0.25) is 0 Å². The lowest BCUT2D eigenvalue weighted by Crippen LogP contribution is -2.38. The number of fused-ring (bicyclic) bond motifs is 2. The highest BCUT2D eigenvalue weighted by atomic mass is 16.5. The van der Waals surface area contributed by atoms with Crippen LogP contribution in [0.5, 0.6) is 11.5 Å². The van der Waals surface area contributed by atoms with Crippen LogP contribution in [0.2, 0.25) is 0 Å². The SMILES string of the molecule is COc1cc(/C=C/C(=O)O[C@@H]2C[C@@H]3CC[C@@]2(C)C3(C)C)ccc1O. The van der Waals surface area contributed by atoms with Crippen LogP contribution >= 0.6 is 0 Å². The molecule has 2 aliphatic rings. The number of esters is 1. The molecule has 0 radical (unpaired) electrons. The summed E-state index contributed by atoms with van der Waals surface area (Å²) >= 11 is 0. The molecule has 4 heteroatoms. The zero-order valence-electron chi connectivity index (χ0n) is 14.8. The Kier molecular flexibility index (Phi) is 4.10. The van der Waals surface area contributed by atoms with Crippen LogP contribution in [-0.2, 0) is 9.53 Å². The molecular weight excluding hydrogens is 304 g/mol. The van der Waals surface area contributed by atoms with Gasteiger partial charge in [-0.2, -0.15) is 0 Å². The molecule has 2 saturated carbocycles. The van der Waals surface area contributed by atoms with Gasteiger partial charge >= 0.3 is 5.97 Å². The Morgan fingerprint density at radius 3 is 2.67 bits per heavy atom. The summed E-state index contributed by atoms with van der Waals surface area (Å²) in [6.07, 6.45) is 6.47. The fourth-order valence-electron chi connectivity index (χ4n) is 4.45. The first-order valence-corrected chi connectivity index (χ1v) is 8.53. The number of carbonyl (C=O) groups is 1. The van der Waals surface area contributed by atoms with Crippen molar-refractivity contribution in [1.82, 2.24) is 0 Å². The number of ether oxygens (including phenoxy) is 2. The zero-order chi connectivity index (χ0) is 17.5. The first-order valence-electron chi connectivity index (χ1n) is 8.53. The Morgan fingerprint density at radius 1 is 1.33 bits per heavy atom. The molecular formula is C20H26O4. The molecule has 0 aromatic heterocycles. The quantitative estimate of drug-likeness (QED) is 0.665. The van der Waals surface area contributed by atoms with E-state index in [1.807, 2.05) is 0 Å². The van der Waals surface area contributed by atoms with Crippen molar-refractivity contribution in [2.75, 3.05) is 7.11 Å². The van der Waals surface area contributed by atoms with E-state index < -0.39 is 0 Å². The summed E-state index contributed by atoms with van der Waals surface area (Å²) in [6, 6.07) is 4.95. The second-order valence-electron chi connectivity index (χ2n) is 7.80. The van der Waals surface area contributed by atoms with Gasteiger partial charge in [-0.25, -0.2) is 4.79 Å². The summed E-state index contributed by atoms with van der Waals surface area (Å²) in [7, 11) is 1.49. The van der Waals surface area contributed by atoms with Crippen molar-refractivity contribution in [2.45, 2.75) is 46.1 Å². The molecule has 3 rings (SSSR count). The van der Waals surface area contributed by atoms with Crippen molar-refractivity contribution in [3.63, 3.8) is 0 Å². The van der Waals surface area contributed by atoms with E-state index in [1.165, 1.54) is 19.6 Å². The van der Waals surface area contributed by atoms with E-state index in [-0.39, 0.29) is 28.7 Å². The third kappa shape index (κ3) is 2.58. The summed E-state index contributed by atoms with van der Waals surface area (Å²) in [5.41, 5.74) is 1.08. The lowest BCUT2D eigenvalue weighted by molar-refractivity contribution is -0.150. The minimum absolute atomic E-state index is 0.00208. The molecule has 2 fully saturated rings. The highest BCUT2D eigenvalue weighted by molar-refractivity contribution is 5.87. The molecule has 0 aliphatic heterocycles. The standard InChI is InChI=1S/C20H26O4/c1-19(2)14-9-10-20(19,3)17(12-14)24-18(22)8-6-13-5-7-15(21)16(11-13)23-4/h5-8,11,14,17,21H,9-10,12H2,1-4H3/b8-6+/t14-,17+,20+/m0/s1. The molecule has 2 bridgehead atoms. The van der Waals surface area contributed by atoms with Gasteiger partial charge in [0, 0.05) is 11.5 Å². The Labute approximate surface area is 143 Å². The summed E-state index contributed by atoms with van der Waals surface area (Å²) in [5.74, 6) is 0.796. The van der Waals surface area contributed by atoms with Crippen LogP contribution in [-0.4, -0.2) is 24.3 Å². The van der Waals surface area contributed by atoms with E-state index in [0.717, 1.165) is 18.4 Å². The molecule has 4 nitrogen and oxygen atoms in total. The van der Waals surface area contributed by atoms with Gasteiger partial charge in [0.05, 0.1) is 7.11 Å². The van der Waals surface area contributed by atoms with E-state index in [4.69, 9.17) is 9.47 Å². The van der Waals surface area contributed by atoms with Crippen molar-refractivity contribution in [1.29, 1.82) is 0 Å². The number of aromatic hydroxyl groups is 1. The Bertz CT molecular complexity index is 676. The van der Waals surface area contributed by atoms with E-state index in [1.54, 1.807) is 24.3 Å². The molecule has 1 aromatic carbocycles. The molecule has 130 valence electrons. The van der Waals surface area contributed by atoms with Gasteiger partial charge in [0.25, 0.3) is 0 Å². The Morgan fingerprint density at radius 2 is 2.08 bits per heavy atom. The van der Waals surface area contributed by atoms with Crippen LogP contribution in [0.3, 0.4) is 0 Å². The van der Waals surface area contributed by atoms with Crippen LogP contribution in [0.1, 0.15) is 45.6 Å². The molecule has 1 aromatic rings. The fraction of sp³-hybridized carbons (Fsp3) is 0.550. The van der Waals surface area contributed by atoms with E-state index in [2.05, 4.69) is 20.8 Å². The molecule has 0 unspecified atom stereocenters. The molecule has 2 aliphatic carbocycles. The number of benzene rings is 1. The Balaban J connectivity index is 1.67. The molecule has 0 spiro atoms. The van der Waals surface area contributed by atoms with Gasteiger partial charge in [0.15, 0.2) is 11.5 Å². The minimum atomic E-state index is -0.309. The smallest absolute Gasteiger partial charge is 0.331 e. The van der Waals surface area contributed by atoms with Crippen LogP contribution in [0.25, 0.3) is 6.08 Å². The fourth-order valence-corrected chi connectivity index (χ4v) is 4.45. The normalized spacial score (nSPS) is 30.7. The number of phenolic OH excluding ortho intramolecular Hbond substituents is 1. The number of hydrogen-bond acceptors (Lipinski definition) is 4. The molecule has 0 amide bonds. The molecule has 3 atom stereocenters. The third-order valence-electron chi connectivity index (χ3n) is 6.59. The van der Waals surface area contributed by atoms with Gasteiger partial charge in [-0.15, -0.1) is 0 Å². The van der Waals surface area contributed by atoms with Crippen molar-refractivity contribution >= 4 is 12.0 Å². The average Bonchev–Trinajstić information content (AvgIpc) is 2.87. The molecule has 24 heavy (non-hydrogen) atoms. The lowest BCUT2D eigenvalue weighted by Gasteiger charge is -2.38. The monoisotopic (exact) mass is 330 g/mol. The van der Waals surface area contributed by atoms with Gasteiger partial charge < -0.3 is 14.6 Å². The number of methoxy groups -OCH3 is 1. The van der Waals surface area contributed by atoms with Gasteiger partial charge in [-0.3, -0.25) is 0 Å². The average molecular weight is 330 g/mol. The van der Waals surface area contributed by atoms with Crippen molar-refractivity contribution in [3.05, 3.63) is 29.8 Å². The zero-order valence-corrected chi connectivity index (χ0v) is 14.8. The number of phenols is 1. The minimum Gasteiger partial charge on any atom is -0.504 e. The van der Waals surface area contributed by atoms with Crippen LogP contribution in [0.15, 0.2) is 24.3 Å². The number of rotatable bonds is 4. The summed E-state index contributed by atoms with van der Waals surface area (Å²) in [5, 5.41) is 9.60. The van der Waals surface area contributed by atoms with Crippen LogP contribution in [0.4, 0.5) is 0 Å². The maximum Gasteiger partial charge on any atom is 0.331 e. The van der Waals surface area contributed by atoms with Gasteiger partial charge in [0.1, 0.15) is 6.10 Å². The van der Waals surface area contributed by atoms with E-state index in [9.17, 15) is 9.90 Å². The van der Waals surface area contributed by atoms with Crippen LogP contribution in [0, 0.1) is 16.7 Å². The van der Waals surface area contributed by atoms with Crippen LogP contribution < -0.4 is 4.74 Å². The van der Waals surface area contributed by atoms with Crippen molar-refractivity contribution < 1.29 is 19.4 Å². The van der Waals surface area contributed by atoms with Gasteiger partial charge in [-0.05, 0) is 54.4 Å². The number of hydrogen-bond donors (Lipinski definition) is 1. The molecule has 0 saturated heterocycles. The highest BCUT2D eigenvalue weighted by Gasteiger charge is 2.62. The molecule has 1 N–H and O–H groups in total. The van der Waals surface area contributed by atoms with Gasteiger partial charge in [-0.1, -0.05) is 26.8 Å². The third-order valence-corrected chi connectivity index (χ3v) is 6.59. The maximum atomic E-state index is 12.2.